The second-order valence-electron chi connectivity index (χ2n) is 5.92. The van der Waals surface area contributed by atoms with E-state index < -0.39 is 0 Å². The minimum Gasteiger partial charge on any atom is -0.288 e. The molecular formula is C19H22FN. The van der Waals surface area contributed by atoms with Gasteiger partial charge in [0.05, 0.1) is 0 Å². The molecule has 0 radical (unpaired) electrons. The summed E-state index contributed by atoms with van der Waals surface area (Å²) in [7, 11) is 0. The van der Waals surface area contributed by atoms with Gasteiger partial charge in [-0.3, -0.25) is 4.90 Å². The maximum absolute atomic E-state index is 14.3. The minimum atomic E-state index is -0.0686. The Morgan fingerprint density at radius 2 is 2.00 bits per heavy atom. The number of hydrogen-bond acceptors (Lipinski definition) is 1. The molecule has 0 aromatic heterocycles. The smallest absolute Gasteiger partial charge is 0.127 e. The monoisotopic (exact) mass is 283 g/mol. The molecule has 0 bridgehead atoms. The highest BCUT2D eigenvalue weighted by Crippen LogP contribution is 2.47. The second-order valence-corrected chi connectivity index (χ2v) is 5.92. The van der Waals surface area contributed by atoms with Gasteiger partial charge in [0.25, 0.3) is 0 Å². The highest BCUT2D eigenvalue weighted by atomic mass is 19.1. The van der Waals surface area contributed by atoms with Crippen molar-refractivity contribution in [3.8, 4) is 0 Å². The summed E-state index contributed by atoms with van der Waals surface area (Å²) in [4.78, 5) is 2.36. The number of rotatable bonds is 5. The summed E-state index contributed by atoms with van der Waals surface area (Å²) < 4.78 is 14.3. The van der Waals surface area contributed by atoms with E-state index in [0.29, 0.717) is 5.92 Å². The fourth-order valence-corrected chi connectivity index (χ4v) is 3.89. The maximum Gasteiger partial charge on any atom is 0.127 e. The molecule has 0 fully saturated rings. The molecule has 0 heterocycles. The van der Waals surface area contributed by atoms with E-state index in [1.807, 2.05) is 18.2 Å². The highest BCUT2D eigenvalue weighted by molar-refractivity contribution is 5.42. The molecule has 0 amide bonds. The van der Waals surface area contributed by atoms with Gasteiger partial charge in [-0.15, -0.1) is 13.2 Å². The lowest BCUT2D eigenvalue weighted by atomic mass is 9.76. The van der Waals surface area contributed by atoms with E-state index in [2.05, 4.69) is 30.2 Å². The van der Waals surface area contributed by atoms with Crippen molar-refractivity contribution in [2.24, 2.45) is 5.92 Å². The van der Waals surface area contributed by atoms with Crippen molar-refractivity contribution in [1.82, 2.24) is 4.90 Å². The summed E-state index contributed by atoms with van der Waals surface area (Å²) in [6.45, 7) is 9.35. The summed E-state index contributed by atoms with van der Waals surface area (Å²) in [5.74, 6) is 0.445. The van der Waals surface area contributed by atoms with Crippen LogP contribution in [0.2, 0.25) is 0 Å². The lowest BCUT2D eigenvalue weighted by Crippen LogP contribution is -2.37. The van der Waals surface area contributed by atoms with Crippen molar-refractivity contribution < 1.29 is 4.39 Å². The van der Waals surface area contributed by atoms with Gasteiger partial charge in [0.2, 0.25) is 0 Å². The van der Waals surface area contributed by atoms with Crippen LogP contribution in [0.3, 0.4) is 0 Å². The van der Waals surface area contributed by atoms with Gasteiger partial charge in [-0.05, 0) is 36.5 Å². The Hall–Kier alpha value is -1.67. The van der Waals surface area contributed by atoms with Gasteiger partial charge in [0.1, 0.15) is 5.82 Å². The summed E-state index contributed by atoms with van der Waals surface area (Å²) in [6, 6.07) is 5.76. The van der Waals surface area contributed by atoms with E-state index in [0.717, 1.165) is 37.1 Å². The fraction of sp³-hybridized carbons (Fsp3) is 0.368. The quantitative estimate of drug-likeness (QED) is 0.722. The molecule has 1 aromatic carbocycles. The Morgan fingerprint density at radius 3 is 2.71 bits per heavy atom. The third-order valence-electron chi connectivity index (χ3n) is 4.72. The lowest BCUT2D eigenvalue weighted by molar-refractivity contribution is 0.181. The van der Waals surface area contributed by atoms with Crippen LogP contribution in [-0.4, -0.2) is 18.0 Å². The predicted octanol–water partition coefficient (Wildman–Crippen LogP) is 4.43. The average Bonchev–Trinajstić information content (AvgIpc) is 2.93. The Balaban J connectivity index is 2.08. The maximum atomic E-state index is 14.3. The number of allylic oxidation sites excluding steroid dienone is 1. The summed E-state index contributed by atoms with van der Waals surface area (Å²) in [5.41, 5.74) is 3.45. The molecular weight excluding hydrogens is 261 g/mol. The molecule has 0 N–H and O–H groups in total. The van der Waals surface area contributed by atoms with Crippen LogP contribution in [0.1, 0.15) is 30.0 Å². The summed E-state index contributed by atoms with van der Waals surface area (Å²) in [5, 5.41) is 0. The zero-order chi connectivity index (χ0) is 14.8. The summed E-state index contributed by atoms with van der Waals surface area (Å²) >= 11 is 0. The third-order valence-corrected chi connectivity index (χ3v) is 4.72. The molecule has 1 aromatic rings. The number of nitrogens with zero attached hydrogens (tertiary/aromatic N) is 1. The number of hydrogen-bond donors (Lipinski definition) is 0. The van der Waals surface area contributed by atoms with Gasteiger partial charge in [0.15, 0.2) is 0 Å². The van der Waals surface area contributed by atoms with Gasteiger partial charge >= 0.3 is 0 Å². The van der Waals surface area contributed by atoms with Gasteiger partial charge < -0.3 is 0 Å². The number of benzene rings is 1. The van der Waals surface area contributed by atoms with Crippen molar-refractivity contribution in [3.63, 3.8) is 0 Å². The van der Waals surface area contributed by atoms with Crippen LogP contribution < -0.4 is 0 Å². The Labute approximate surface area is 126 Å². The Bertz CT molecular complexity index is 577. The molecule has 2 aliphatic carbocycles. The van der Waals surface area contributed by atoms with E-state index in [1.54, 1.807) is 6.07 Å². The minimum absolute atomic E-state index is 0.0686. The van der Waals surface area contributed by atoms with E-state index in [4.69, 9.17) is 0 Å². The number of fused-ring (bicyclic) bond motifs is 2. The Morgan fingerprint density at radius 1 is 1.24 bits per heavy atom. The molecule has 21 heavy (non-hydrogen) atoms. The molecule has 2 atom stereocenters. The van der Waals surface area contributed by atoms with Crippen LogP contribution in [0.5, 0.6) is 0 Å². The van der Waals surface area contributed by atoms with E-state index in [1.165, 1.54) is 12.0 Å². The van der Waals surface area contributed by atoms with Crippen LogP contribution in [0.25, 0.3) is 0 Å². The SMILES string of the molecule is C=CCN(CC=C)[C@@H]1c2cccc(F)c2CC2=CCC[C@H]21. The van der Waals surface area contributed by atoms with Crippen molar-refractivity contribution >= 4 is 0 Å². The van der Waals surface area contributed by atoms with Gasteiger partial charge in [-0.2, -0.15) is 0 Å². The molecule has 2 aliphatic rings. The Kier molecular flexibility index (Phi) is 4.07. The molecule has 1 nitrogen and oxygen atoms in total. The molecule has 0 saturated carbocycles. The first kappa shape index (κ1) is 14.3. The van der Waals surface area contributed by atoms with Crippen LogP contribution in [0, 0.1) is 11.7 Å². The van der Waals surface area contributed by atoms with E-state index in [-0.39, 0.29) is 11.9 Å². The average molecular weight is 283 g/mol. The fourth-order valence-electron chi connectivity index (χ4n) is 3.89. The zero-order valence-corrected chi connectivity index (χ0v) is 12.4. The molecule has 0 spiro atoms. The van der Waals surface area contributed by atoms with Gasteiger partial charge in [-0.1, -0.05) is 35.9 Å². The first-order valence-corrected chi connectivity index (χ1v) is 7.68. The molecule has 0 aliphatic heterocycles. The van der Waals surface area contributed by atoms with Crippen LogP contribution in [0.15, 0.2) is 55.2 Å². The normalized spacial score (nSPS) is 23.4. The van der Waals surface area contributed by atoms with Crippen LogP contribution in [-0.2, 0) is 6.42 Å². The molecule has 0 unspecified atom stereocenters. The van der Waals surface area contributed by atoms with Crippen molar-refractivity contribution in [1.29, 1.82) is 0 Å². The zero-order valence-electron chi connectivity index (χ0n) is 12.4. The second kappa shape index (κ2) is 5.98. The molecule has 0 saturated heterocycles. The van der Waals surface area contributed by atoms with Crippen LogP contribution in [0.4, 0.5) is 4.39 Å². The van der Waals surface area contributed by atoms with Crippen molar-refractivity contribution in [3.05, 3.63) is 72.1 Å². The first-order valence-electron chi connectivity index (χ1n) is 7.68. The van der Waals surface area contributed by atoms with E-state index >= 15 is 0 Å². The largest absolute Gasteiger partial charge is 0.288 e. The van der Waals surface area contributed by atoms with Crippen LogP contribution >= 0.6 is 0 Å². The van der Waals surface area contributed by atoms with Crippen molar-refractivity contribution in [2.75, 3.05) is 13.1 Å². The molecule has 2 heteroatoms. The predicted molar refractivity (Wildman–Crippen MR) is 85.6 cm³/mol. The van der Waals surface area contributed by atoms with Gasteiger partial charge in [-0.25, -0.2) is 4.39 Å². The van der Waals surface area contributed by atoms with Gasteiger partial charge in [0, 0.05) is 25.0 Å². The molecule has 110 valence electrons. The highest BCUT2D eigenvalue weighted by Gasteiger charge is 2.38. The standard InChI is InChI=1S/C19H22FN/c1-3-11-21(12-4-2)19-15-8-5-7-14(15)13-17-16(19)9-6-10-18(17)20/h3-4,6-7,9-10,15,19H,1-2,5,8,11-13H2/t15-,19+/m1/s1. The third kappa shape index (κ3) is 2.49. The first-order chi connectivity index (χ1) is 10.3. The topological polar surface area (TPSA) is 3.24 Å². The number of halogens is 1. The van der Waals surface area contributed by atoms with E-state index in [9.17, 15) is 4.39 Å². The lowest BCUT2D eigenvalue weighted by Gasteiger charge is -2.40. The van der Waals surface area contributed by atoms with Crippen molar-refractivity contribution in [2.45, 2.75) is 25.3 Å². The molecule has 3 rings (SSSR count). The summed E-state index contributed by atoms with van der Waals surface area (Å²) in [6.07, 6.45) is 9.22.